The van der Waals surface area contributed by atoms with Crippen LogP contribution in [0.2, 0.25) is 0 Å². The van der Waals surface area contributed by atoms with Crippen LogP contribution in [0.5, 0.6) is 11.5 Å². The number of methoxy groups -OCH3 is 2. The first-order valence-corrected chi connectivity index (χ1v) is 6.12. The lowest BCUT2D eigenvalue weighted by Gasteiger charge is -2.32. The normalized spacial score (nSPS) is 13.6. The molecule has 0 bridgehead atoms. The molecule has 0 atom stereocenters. The quantitative estimate of drug-likeness (QED) is 0.540. The number of benzene rings is 1. The van der Waals surface area contributed by atoms with Crippen molar-refractivity contribution in [2.45, 2.75) is 23.9 Å². The number of rotatable bonds is 6. The van der Waals surface area contributed by atoms with E-state index in [1.54, 1.807) is 0 Å². The molecular weight excluding hydrogens is 375 g/mol. The molecule has 0 aliphatic rings. The van der Waals surface area contributed by atoms with E-state index in [1.165, 1.54) is 0 Å². The van der Waals surface area contributed by atoms with Gasteiger partial charge in [0, 0.05) is 0 Å². The molecule has 0 saturated heterocycles. The van der Waals surface area contributed by atoms with Crippen molar-refractivity contribution >= 4 is 5.78 Å². The van der Waals surface area contributed by atoms with Gasteiger partial charge in [-0.3, -0.25) is 4.79 Å². The Morgan fingerprint density at radius 2 is 1.36 bits per heavy atom. The molecule has 0 N–H and O–H groups in total. The maximum atomic E-state index is 13.7. The molecule has 0 spiro atoms. The predicted octanol–water partition coefficient (Wildman–Crippen LogP) is 4.35. The van der Waals surface area contributed by atoms with E-state index in [1.807, 2.05) is 0 Å². The molecule has 0 saturated carbocycles. The van der Waals surface area contributed by atoms with Gasteiger partial charge in [0.2, 0.25) is 5.78 Å². The van der Waals surface area contributed by atoms with Crippen LogP contribution < -0.4 is 9.47 Å². The first-order valence-electron chi connectivity index (χ1n) is 6.12. The van der Waals surface area contributed by atoms with Gasteiger partial charge >= 0.3 is 23.9 Å². The van der Waals surface area contributed by atoms with Crippen LogP contribution in [0, 0.1) is 0 Å². The number of Topliss-reactive ketones (excluding diaryl/α,β-unsaturated/α-hetero) is 1. The van der Waals surface area contributed by atoms with Crippen LogP contribution in [-0.2, 0) is 0 Å². The highest BCUT2D eigenvalue weighted by molar-refractivity contribution is 6.04. The molecule has 0 aliphatic carbocycles. The zero-order chi connectivity index (χ0) is 19.8. The number of carbonyl (C=O) groups is 1. The Morgan fingerprint density at radius 3 is 1.76 bits per heavy atom. The molecule has 25 heavy (non-hydrogen) atoms. The molecule has 0 aromatic heterocycles. The maximum absolute atomic E-state index is 13.7. The van der Waals surface area contributed by atoms with Crippen LogP contribution >= 0.6 is 0 Å². The Morgan fingerprint density at radius 1 is 0.840 bits per heavy atom. The fourth-order valence-corrected chi connectivity index (χ4v) is 1.68. The molecule has 3 nitrogen and oxygen atoms in total. The van der Waals surface area contributed by atoms with Crippen molar-refractivity contribution in [3.05, 3.63) is 23.8 Å². The molecule has 0 unspecified atom stereocenters. The number of carbonyl (C=O) groups excluding carboxylic acids is 1. The van der Waals surface area contributed by atoms with Gasteiger partial charge < -0.3 is 9.47 Å². The Kier molecular flexibility index (Phi) is 5.27. The summed E-state index contributed by atoms with van der Waals surface area (Å²) in [5.74, 6) is -24.7. The van der Waals surface area contributed by atoms with Crippen molar-refractivity contribution in [2.75, 3.05) is 14.2 Å². The van der Waals surface area contributed by atoms with Crippen molar-refractivity contribution in [3.63, 3.8) is 0 Å². The van der Waals surface area contributed by atoms with Crippen molar-refractivity contribution < 1.29 is 53.8 Å². The summed E-state index contributed by atoms with van der Waals surface area (Å²) in [4.78, 5) is 11.7. The van der Waals surface area contributed by atoms with E-state index < -0.39 is 41.0 Å². The van der Waals surface area contributed by atoms with Crippen LogP contribution in [0.3, 0.4) is 0 Å². The van der Waals surface area contributed by atoms with Gasteiger partial charge in [0.05, 0.1) is 19.8 Å². The van der Waals surface area contributed by atoms with E-state index in [0.29, 0.717) is 6.07 Å². The Bertz CT molecular complexity index is 653. The van der Waals surface area contributed by atoms with Crippen LogP contribution in [0.25, 0.3) is 0 Å². The second-order valence-corrected chi connectivity index (χ2v) is 4.62. The average Bonchev–Trinajstić information content (AvgIpc) is 2.51. The standard InChI is InChI=1S/C13H9F9O3/c1-24-6-3-4-8(25-2)7(5-6)9(23)10(14,15)11(16,17)12(18,19)13(20,21)22/h3-5H,1-2H3. The number of ketones is 1. The Balaban J connectivity index is 3.50. The number of hydrogen-bond acceptors (Lipinski definition) is 3. The molecule has 0 heterocycles. The maximum Gasteiger partial charge on any atom is 0.460 e. The highest BCUT2D eigenvalue weighted by Gasteiger charge is 2.83. The largest absolute Gasteiger partial charge is 0.497 e. The SMILES string of the molecule is COc1ccc(OC)c(C(=O)C(F)(F)C(F)(F)C(F)(F)C(F)(F)F)c1. The molecule has 0 amide bonds. The fourth-order valence-electron chi connectivity index (χ4n) is 1.68. The predicted molar refractivity (Wildman–Crippen MR) is 64.8 cm³/mol. The monoisotopic (exact) mass is 384 g/mol. The van der Waals surface area contributed by atoms with Gasteiger partial charge in [0.1, 0.15) is 11.5 Å². The lowest BCUT2D eigenvalue weighted by molar-refractivity contribution is -0.386. The van der Waals surface area contributed by atoms with Gasteiger partial charge in [-0.1, -0.05) is 0 Å². The summed E-state index contributed by atoms with van der Waals surface area (Å²) in [7, 11) is 1.83. The minimum absolute atomic E-state index is 0.328. The summed E-state index contributed by atoms with van der Waals surface area (Å²) in [6.45, 7) is 0. The zero-order valence-electron chi connectivity index (χ0n) is 12.4. The molecule has 0 fully saturated rings. The molecule has 1 aromatic carbocycles. The van der Waals surface area contributed by atoms with E-state index in [9.17, 15) is 44.3 Å². The van der Waals surface area contributed by atoms with Gasteiger partial charge in [-0.05, 0) is 18.2 Å². The second-order valence-electron chi connectivity index (χ2n) is 4.62. The molecule has 0 aliphatic heterocycles. The van der Waals surface area contributed by atoms with Crippen molar-refractivity contribution in [3.8, 4) is 11.5 Å². The van der Waals surface area contributed by atoms with Crippen LogP contribution in [0.4, 0.5) is 39.5 Å². The minimum atomic E-state index is -7.16. The van der Waals surface area contributed by atoms with Crippen molar-refractivity contribution in [1.82, 2.24) is 0 Å². The summed E-state index contributed by atoms with van der Waals surface area (Å²) in [6.07, 6.45) is -7.02. The first-order chi connectivity index (χ1) is 11.1. The van der Waals surface area contributed by atoms with Crippen molar-refractivity contribution in [1.29, 1.82) is 0 Å². The van der Waals surface area contributed by atoms with Gasteiger partial charge in [0.15, 0.2) is 0 Å². The number of ether oxygens (including phenoxy) is 2. The van der Waals surface area contributed by atoms with Gasteiger partial charge in [-0.2, -0.15) is 39.5 Å². The second kappa shape index (κ2) is 6.30. The summed E-state index contributed by atoms with van der Waals surface area (Å²) in [5.41, 5.74) is -1.36. The van der Waals surface area contributed by atoms with Crippen LogP contribution in [0.15, 0.2) is 18.2 Å². The fraction of sp³-hybridized carbons (Fsp3) is 0.462. The summed E-state index contributed by atoms with van der Waals surface area (Å²) in [5, 5.41) is 0. The van der Waals surface area contributed by atoms with Gasteiger partial charge in [0.25, 0.3) is 0 Å². The molecular formula is C13H9F9O3. The van der Waals surface area contributed by atoms with Crippen LogP contribution in [0.1, 0.15) is 10.4 Å². The molecule has 0 radical (unpaired) electrons. The number of hydrogen-bond donors (Lipinski definition) is 0. The van der Waals surface area contributed by atoms with E-state index >= 15 is 0 Å². The molecule has 1 rings (SSSR count). The molecule has 12 heteroatoms. The van der Waals surface area contributed by atoms with E-state index in [4.69, 9.17) is 0 Å². The highest BCUT2D eigenvalue weighted by Crippen LogP contribution is 2.54. The molecule has 1 aromatic rings. The lowest BCUT2D eigenvalue weighted by atomic mass is 9.95. The van der Waals surface area contributed by atoms with Crippen molar-refractivity contribution in [2.24, 2.45) is 0 Å². The summed E-state index contributed by atoms with van der Waals surface area (Å²) >= 11 is 0. The average molecular weight is 384 g/mol. The minimum Gasteiger partial charge on any atom is -0.497 e. The van der Waals surface area contributed by atoms with E-state index in [2.05, 4.69) is 9.47 Å². The third-order valence-corrected chi connectivity index (χ3v) is 3.08. The zero-order valence-corrected chi connectivity index (χ0v) is 12.4. The third-order valence-electron chi connectivity index (χ3n) is 3.08. The summed E-state index contributed by atoms with van der Waals surface area (Å²) < 4.78 is 125. The Hall–Kier alpha value is -2.14. The first kappa shape index (κ1) is 20.9. The van der Waals surface area contributed by atoms with E-state index in [-0.39, 0.29) is 5.75 Å². The number of halogens is 9. The van der Waals surface area contributed by atoms with Crippen LogP contribution in [-0.4, -0.2) is 43.9 Å². The van der Waals surface area contributed by atoms with E-state index in [0.717, 1.165) is 26.4 Å². The van der Waals surface area contributed by atoms with Gasteiger partial charge in [-0.15, -0.1) is 0 Å². The topological polar surface area (TPSA) is 35.5 Å². The highest BCUT2D eigenvalue weighted by atomic mass is 19.4. The number of alkyl halides is 9. The molecule has 142 valence electrons. The smallest absolute Gasteiger partial charge is 0.460 e. The Labute approximate surface area is 134 Å². The lowest BCUT2D eigenvalue weighted by Crippen LogP contribution is -2.63. The third kappa shape index (κ3) is 3.21. The van der Waals surface area contributed by atoms with Gasteiger partial charge in [-0.25, -0.2) is 0 Å². The summed E-state index contributed by atoms with van der Waals surface area (Å²) in [6, 6.07) is 2.30.